The summed E-state index contributed by atoms with van der Waals surface area (Å²) in [5.41, 5.74) is 3.90. The van der Waals surface area contributed by atoms with Gasteiger partial charge in [0, 0.05) is 19.5 Å². The predicted molar refractivity (Wildman–Crippen MR) is 162 cm³/mol. The Morgan fingerprint density at radius 3 is 2.45 bits per heavy atom. The number of benzene rings is 1. The molecule has 0 amide bonds. The maximum absolute atomic E-state index is 12.0. The summed E-state index contributed by atoms with van der Waals surface area (Å²) >= 11 is 0. The monoisotopic (exact) mass is 547 g/mol. The number of hydrogen-bond acceptors (Lipinski definition) is 3. The van der Waals surface area contributed by atoms with Crippen molar-refractivity contribution >= 4 is 11.5 Å². The zero-order valence-corrected chi connectivity index (χ0v) is 25.5. The van der Waals surface area contributed by atoms with Crippen molar-refractivity contribution in [2.24, 2.45) is 46.3 Å². The van der Waals surface area contributed by atoms with Crippen molar-refractivity contribution in [1.82, 2.24) is 4.90 Å². The first-order valence-corrected chi connectivity index (χ1v) is 16.5. The molecule has 4 fully saturated rings. The Labute approximate surface area is 242 Å². The minimum atomic E-state index is -0.697. The third kappa shape index (κ3) is 4.79. The second-order valence-electron chi connectivity index (χ2n) is 15.3. The van der Waals surface area contributed by atoms with E-state index in [1.807, 2.05) is 0 Å². The molecule has 40 heavy (non-hydrogen) atoms. The third-order valence-electron chi connectivity index (χ3n) is 13.5. The van der Waals surface area contributed by atoms with Crippen LogP contribution in [-0.4, -0.2) is 41.2 Å². The fourth-order valence-electron chi connectivity index (χ4n) is 11.1. The van der Waals surface area contributed by atoms with Crippen LogP contribution < -0.4 is 0 Å². The van der Waals surface area contributed by atoms with Gasteiger partial charge in [0.1, 0.15) is 0 Å². The molecule has 2 N–H and O–H groups in total. The van der Waals surface area contributed by atoms with E-state index in [-0.39, 0.29) is 0 Å². The largest absolute Gasteiger partial charge is 0.481 e. The lowest BCUT2D eigenvalue weighted by Gasteiger charge is -2.62. The second-order valence-corrected chi connectivity index (χ2v) is 15.3. The lowest BCUT2D eigenvalue weighted by Crippen LogP contribution is -2.55. The van der Waals surface area contributed by atoms with E-state index < -0.39 is 11.6 Å². The molecule has 4 aliphatic carbocycles. The van der Waals surface area contributed by atoms with Crippen LogP contribution in [0.4, 0.5) is 0 Å². The Balaban J connectivity index is 1.15. The van der Waals surface area contributed by atoms with Gasteiger partial charge >= 0.3 is 5.97 Å². The number of rotatable bonds is 6. The van der Waals surface area contributed by atoms with E-state index in [9.17, 15) is 15.0 Å². The van der Waals surface area contributed by atoms with Crippen LogP contribution in [0.15, 0.2) is 30.3 Å². The SMILES string of the molecule is C[C@H](CCC(=O)O)[C@H]1CC[C@H]2[C@@H]3CC[C@@H]4C[C@](O)(c5ccc(C6=CCN(C)CC6)cc5)CC[C@]4(C)[C@H]3CC[C@]12C. The highest BCUT2D eigenvalue weighted by Gasteiger charge is 2.61. The summed E-state index contributed by atoms with van der Waals surface area (Å²) in [5, 5.41) is 21.3. The first-order valence-electron chi connectivity index (χ1n) is 16.5. The third-order valence-corrected chi connectivity index (χ3v) is 13.5. The summed E-state index contributed by atoms with van der Waals surface area (Å²) in [6.07, 6.45) is 15.4. The van der Waals surface area contributed by atoms with E-state index in [0.29, 0.717) is 35.0 Å². The molecule has 0 spiro atoms. The molecule has 1 heterocycles. The van der Waals surface area contributed by atoms with Gasteiger partial charge in [0.05, 0.1) is 5.60 Å². The van der Waals surface area contributed by atoms with Gasteiger partial charge in [0.25, 0.3) is 0 Å². The Kier molecular flexibility index (Phi) is 7.52. The van der Waals surface area contributed by atoms with Gasteiger partial charge in [-0.15, -0.1) is 0 Å². The van der Waals surface area contributed by atoms with Crippen molar-refractivity contribution in [3.8, 4) is 0 Å². The lowest BCUT2D eigenvalue weighted by atomic mass is 9.43. The average Bonchev–Trinajstić information content (AvgIpc) is 3.30. The number of aliphatic carboxylic acids is 1. The van der Waals surface area contributed by atoms with E-state index in [2.05, 4.69) is 63.1 Å². The average molecular weight is 548 g/mol. The minimum Gasteiger partial charge on any atom is -0.481 e. The molecule has 0 radical (unpaired) electrons. The first kappa shape index (κ1) is 28.5. The molecule has 1 aromatic carbocycles. The molecule has 0 bridgehead atoms. The van der Waals surface area contributed by atoms with Crippen molar-refractivity contribution in [1.29, 1.82) is 0 Å². The first-order chi connectivity index (χ1) is 19.0. The molecule has 6 rings (SSSR count). The van der Waals surface area contributed by atoms with Crippen molar-refractivity contribution < 1.29 is 15.0 Å². The summed E-state index contributed by atoms with van der Waals surface area (Å²) < 4.78 is 0. The van der Waals surface area contributed by atoms with Crippen LogP contribution in [0.3, 0.4) is 0 Å². The summed E-state index contributed by atoms with van der Waals surface area (Å²) in [4.78, 5) is 13.6. The highest BCUT2D eigenvalue weighted by atomic mass is 16.4. The lowest BCUT2D eigenvalue weighted by molar-refractivity contribution is -0.155. The zero-order valence-electron chi connectivity index (χ0n) is 25.5. The molecule has 220 valence electrons. The standard InChI is InChI=1S/C36H53NO3/c1-24(5-14-33(38)39)30-12-13-31-29-11-10-28-23-36(40,20-19-34(28,2)32(29)15-18-35(30,31)3)27-8-6-25(7-9-27)26-16-21-37(4)22-17-26/h6-9,16,24,28-32,40H,5,10-15,17-23H2,1-4H3,(H,38,39)/t24-,28-,29+,30-,31+,32+,34+,35-,36+/m1/s1. The molecule has 5 aliphatic rings. The number of aliphatic hydroxyl groups is 1. The van der Waals surface area contributed by atoms with Gasteiger partial charge < -0.3 is 15.1 Å². The Hall–Kier alpha value is -1.65. The molecule has 0 saturated heterocycles. The quantitative estimate of drug-likeness (QED) is 0.382. The minimum absolute atomic E-state index is 0.311. The molecule has 9 atom stereocenters. The zero-order chi connectivity index (χ0) is 28.3. The van der Waals surface area contributed by atoms with Gasteiger partial charge in [-0.3, -0.25) is 4.79 Å². The molecule has 1 aliphatic heterocycles. The van der Waals surface area contributed by atoms with Crippen molar-refractivity contribution in [2.75, 3.05) is 20.1 Å². The van der Waals surface area contributed by atoms with Gasteiger partial charge in [-0.05, 0) is 141 Å². The summed E-state index contributed by atoms with van der Waals surface area (Å²) in [5.74, 6) is 3.51. The number of nitrogens with zero attached hydrogens (tertiary/aromatic N) is 1. The summed E-state index contributed by atoms with van der Waals surface area (Å²) in [6.45, 7) is 9.62. The fourth-order valence-corrected chi connectivity index (χ4v) is 11.1. The number of carboxylic acids is 1. The number of carboxylic acid groups (broad SMARTS) is 1. The van der Waals surface area contributed by atoms with Crippen LogP contribution in [-0.2, 0) is 10.4 Å². The van der Waals surface area contributed by atoms with Crippen LogP contribution in [0, 0.1) is 46.3 Å². The molecule has 4 heteroatoms. The maximum Gasteiger partial charge on any atom is 0.303 e. The Morgan fingerprint density at radius 1 is 1.00 bits per heavy atom. The van der Waals surface area contributed by atoms with E-state index in [4.69, 9.17) is 0 Å². The second kappa shape index (κ2) is 10.6. The van der Waals surface area contributed by atoms with Gasteiger partial charge in [0.15, 0.2) is 0 Å². The molecular weight excluding hydrogens is 494 g/mol. The van der Waals surface area contributed by atoms with Gasteiger partial charge in [-0.1, -0.05) is 51.1 Å². The van der Waals surface area contributed by atoms with E-state index in [0.717, 1.165) is 68.5 Å². The Bertz CT molecular complexity index is 1130. The van der Waals surface area contributed by atoms with E-state index in [1.165, 1.54) is 49.7 Å². The fraction of sp³-hybridized carbons (Fsp3) is 0.750. The topological polar surface area (TPSA) is 60.8 Å². The molecular formula is C36H53NO3. The number of likely N-dealkylation sites (N-methyl/N-ethyl adjacent to an activating group) is 1. The van der Waals surface area contributed by atoms with Crippen LogP contribution in [0.5, 0.6) is 0 Å². The van der Waals surface area contributed by atoms with Gasteiger partial charge in [0.2, 0.25) is 0 Å². The van der Waals surface area contributed by atoms with E-state index in [1.54, 1.807) is 0 Å². The molecule has 4 saturated carbocycles. The van der Waals surface area contributed by atoms with E-state index >= 15 is 0 Å². The molecule has 1 aromatic rings. The summed E-state index contributed by atoms with van der Waals surface area (Å²) in [7, 11) is 2.18. The number of carbonyl (C=O) groups is 1. The normalized spacial score (nSPS) is 42.3. The highest BCUT2D eigenvalue weighted by molar-refractivity contribution is 5.67. The maximum atomic E-state index is 12.0. The van der Waals surface area contributed by atoms with Crippen LogP contribution >= 0.6 is 0 Å². The summed E-state index contributed by atoms with van der Waals surface area (Å²) in [6, 6.07) is 8.95. The number of fused-ring (bicyclic) bond motifs is 5. The molecule has 0 unspecified atom stereocenters. The Morgan fingerprint density at radius 2 is 1.75 bits per heavy atom. The van der Waals surface area contributed by atoms with Gasteiger partial charge in [-0.2, -0.15) is 0 Å². The van der Waals surface area contributed by atoms with Crippen LogP contribution in [0.1, 0.15) is 109 Å². The highest BCUT2D eigenvalue weighted by Crippen LogP contribution is 2.69. The van der Waals surface area contributed by atoms with Gasteiger partial charge in [-0.25, -0.2) is 0 Å². The molecule has 4 nitrogen and oxygen atoms in total. The van der Waals surface area contributed by atoms with Crippen LogP contribution in [0.2, 0.25) is 0 Å². The smallest absolute Gasteiger partial charge is 0.303 e. The number of hydrogen-bond donors (Lipinski definition) is 2. The molecule has 0 aromatic heterocycles. The van der Waals surface area contributed by atoms with Crippen LogP contribution in [0.25, 0.3) is 5.57 Å². The van der Waals surface area contributed by atoms with Crippen molar-refractivity contribution in [3.63, 3.8) is 0 Å². The van der Waals surface area contributed by atoms with Crippen molar-refractivity contribution in [2.45, 2.75) is 103 Å². The predicted octanol–water partition coefficient (Wildman–Crippen LogP) is 7.75. The van der Waals surface area contributed by atoms with Crippen molar-refractivity contribution in [3.05, 3.63) is 41.5 Å².